The molecule has 1 amide bonds. The second-order valence-corrected chi connectivity index (χ2v) is 9.88. The van der Waals surface area contributed by atoms with Crippen LogP contribution in [0.4, 0.5) is 0 Å². The van der Waals surface area contributed by atoms with E-state index < -0.39 is 0 Å². The van der Waals surface area contributed by atoms with Gasteiger partial charge in [0.15, 0.2) is 0 Å². The standard InChI is InChI=1S/C25H35ClN2OS/c1-3-4-24(30-2)11-12-25(29)27-23-10-5-19(17-23)18-28-15-13-21(14-16-28)20-6-8-22(26)9-7-20/h4,6-9,11-12,19,21,23H,3,5,10,13-18H2,1-2H3,(H,27,29)/b12-11+,24-4-/t19-,23+/m0/s1. The predicted octanol–water partition coefficient (Wildman–Crippen LogP) is 6.02. The zero-order chi connectivity index (χ0) is 21.3. The zero-order valence-corrected chi connectivity index (χ0v) is 19.9. The molecule has 1 saturated heterocycles. The van der Waals surface area contributed by atoms with E-state index in [1.807, 2.05) is 24.5 Å². The van der Waals surface area contributed by atoms with Gasteiger partial charge in [-0.1, -0.05) is 36.7 Å². The number of carbonyl (C=O) groups excluding carboxylic acids is 1. The Morgan fingerprint density at radius 3 is 2.57 bits per heavy atom. The van der Waals surface area contributed by atoms with Gasteiger partial charge in [0.05, 0.1) is 0 Å². The van der Waals surface area contributed by atoms with Crippen LogP contribution in [0.1, 0.15) is 56.9 Å². The smallest absolute Gasteiger partial charge is 0.244 e. The molecule has 1 aromatic carbocycles. The molecule has 1 saturated carbocycles. The monoisotopic (exact) mass is 446 g/mol. The largest absolute Gasteiger partial charge is 0.350 e. The first kappa shape index (κ1) is 23.4. The summed E-state index contributed by atoms with van der Waals surface area (Å²) in [5.41, 5.74) is 1.43. The number of allylic oxidation sites excluding steroid dienone is 2. The predicted molar refractivity (Wildman–Crippen MR) is 130 cm³/mol. The Labute approximate surface area is 191 Å². The molecule has 164 valence electrons. The maximum Gasteiger partial charge on any atom is 0.244 e. The summed E-state index contributed by atoms with van der Waals surface area (Å²) in [7, 11) is 0. The number of halogens is 1. The number of carbonyl (C=O) groups is 1. The second-order valence-electron chi connectivity index (χ2n) is 8.56. The van der Waals surface area contributed by atoms with Crippen LogP contribution < -0.4 is 5.32 Å². The number of benzene rings is 1. The number of thioether (sulfide) groups is 1. The summed E-state index contributed by atoms with van der Waals surface area (Å²) in [6, 6.07) is 8.70. The molecule has 0 spiro atoms. The number of nitrogens with one attached hydrogen (secondary N) is 1. The Kier molecular flexibility index (Phi) is 9.35. The number of hydrogen-bond donors (Lipinski definition) is 1. The summed E-state index contributed by atoms with van der Waals surface area (Å²) in [5, 5.41) is 4.03. The highest BCUT2D eigenvalue weighted by Crippen LogP contribution is 2.31. The first-order valence-electron chi connectivity index (χ1n) is 11.3. The fourth-order valence-electron chi connectivity index (χ4n) is 4.75. The molecule has 1 aliphatic heterocycles. The molecular weight excluding hydrogens is 412 g/mol. The van der Waals surface area contributed by atoms with Crippen LogP contribution >= 0.6 is 23.4 Å². The van der Waals surface area contributed by atoms with Crippen LogP contribution in [-0.4, -0.2) is 42.7 Å². The summed E-state index contributed by atoms with van der Waals surface area (Å²) < 4.78 is 0. The lowest BCUT2D eigenvalue weighted by molar-refractivity contribution is -0.117. The third-order valence-electron chi connectivity index (χ3n) is 6.37. The van der Waals surface area contributed by atoms with Crippen molar-refractivity contribution >= 4 is 29.3 Å². The second kappa shape index (κ2) is 12.0. The highest BCUT2D eigenvalue weighted by Gasteiger charge is 2.28. The van der Waals surface area contributed by atoms with Gasteiger partial charge in [0.2, 0.25) is 5.91 Å². The molecule has 30 heavy (non-hydrogen) atoms. The molecule has 5 heteroatoms. The third kappa shape index (κ3) is 7.18. The van der Waals surface area contributed by atoms with E-state index in [0.29, 0.717) is 17.9 Å². The number of piperidine rings is 1. The highest BCUT2D eigenvalue weighted by atomic mass is 35.5. The molecule has 0 radical (unpaired) electrons. The summed E-state index contributed by atoms with van der Waals surface area (Å²) in [5.74, 6) is 1.41. The van der Waals surface area contributed by atoms with E-state index in [1.165, 1.54) is 44.5 Å². The van der Waals surface area contributed by atoms with Crippen molar-refractivity contribution in [2.45, 2.75) is 57.4 Å². The van der Waals surface area contributed by atoms with Crippen LogP contribution in [-0.2, 0) is 4.79 Å². The molecule has 1 aromatic rings. The minimum atomic E-state index is 0.0421. The minimum absolute atomic E-state index is 0.0421. The average molecular weight is 447 g/mol. The van der Waals surface area contributed by atoms with Crippen LogP contribution in [0.5, 0.6) is 0 Å². The quantitative estimate of drug-likeness (QED) is 0.391. The Balaban J connectivity index is 1.38. The van der Waals surface area contributed by atoms with E-state index in [2.05, 4.69) is 35.3 Å². The van der Waals surface area contributed by atoms with Crippen LogP contribution in [0.3, 0.4) is 0 Å². The maximum absolute atomic E-state index is 12.3. The van der Waals surface area contributed by atoms with Crippen molar-refractivity contribution in [1.82, 2.24) is 10.2 Å². The number of amides is 1. The van der Waals surface area contributed by atoms with Crippen LogP contribution in [0.2, 0.25) is 5.02 Å². The number of nitrogens with zero attached hydrogens (tertiary/aromatic N) is 1. The van der Waals surface area contributed by atoms with Gasteiger partial charge in [-0.05, 0) is 93.5 Å². The molecule has 1 heterocycles. The molecule has 0 bridgehead atoms. The fraction of sp³-hybridized carbons (Fsp3) is 0.560. The average Bonchev–Trinajstić information content (AvgIpc) is 3.19. The highest BCUT2D eigenvalue weighted by molar-refractivity contribution is 8.02. The van der Waals surface area contributed by atoms with Crippen molar-refractivity contribution in [2.24, 2.45) is 5.92 Å². The van der Waals surface area contributed by atoms with E-state index in [1.54, 1.807) is 17.8 Å². The first-order valence-corrected chi connectivity index (χ1v) is 12.9. The van der Waals surface area contributed by atoms with Crippen molar-refractivity contribution in [1.29, 1.82) is 0 Å². The lowest BCUT2D eigenvalue weighted by Crippen LogP contribution is -2.37. The number of rotatable bonds is 8. The van der Waals surface area contributed by atoms with Gasteiger partial charge in [-0.3, -0.25) is 4.79 Å². The van der Waals surface area contributed by atoms with E-state index in [0.717, 1.165) is 29.2 Å². The van der Waals surface area contributed by atoms with Crippen LogP contribution in [0.15, 0.2) is 47.4 Å². The Morgan fingerprint density at radius 1 is 1.17 bits per heavy atom. The molecule has 3 rings (SSSR count). The van der Waals surface area contributed by atoms with Gasteiger partial charge in [0.25, 0.3) is 0 Å². The lowest BCUT2D eigenvalue weighted by Gasteiger charge is -2.33. The topological polar surface area (TPSA) is 32.3 Å². The SMILES string of the molecule is CC/C=C(/C=C/C(=O)N[C@@H]1CC[C@H](CN2CCC(c3ccc(Cl)cc3)CC2)C1)SC. The molecule has 1 aliphatic carbocycles. The molecule has 2 atom stereocenters. The molecule has 0 aromatic heterocycles. The molecule has 3 nitrogen and oxygen atoms in total. The number of likely N-dealkylation sites (tertiary alicyclic amines) is 1. The molecule has 0 unspecified atom stereocenters. The van der Waals surface area contributed by atoms with Crippen molar-refractivity contribution in [3.8, 4) is 0 Å². The van der Waals surface area contributed by atoms with Gasteiger partial charge >= 0.3 is 0 Å². The van der Waals surface area contributed by atoms with Crippen molar-refractivity contribution < 1.29 is 4.79 Å². The van der Waals surface area contributed by atoms with Crippen LogP contribution in [0.25, 0.3) is 0 Å². The van der Waals surface area contributed by atoms with E-state index in [-0.39, 0.29) is 5.91 Å². The zero-order valence-electron chi connectivity index (χ0n) is 18.3. The van der Waals surface area contributed by atoms with Crippen molar-refractivity contribution in [3.63, 3.8) is 0 Å². The van der Waals surface area contributed by atoms with Gasteiger partial charge in [-0.2, -0.15) is 0 Å². The van der Waals surface area contributed by atoms with Gasteiger partial charge in [0.1, 0.15) is 0 Å². The lowest BCUT2D eigenvalue weighted by atomic mass is 9.89. The summed E-state index contributed by atoms with van der Waals surface area (Å²) in [4.78, 5) is 16.0. The third-order valence-corrected chi connectivity index (χ3v) is 7.40. The minimum Gasteiger partial charge on any atom is -0.350 e. The van der Waals surface area contributed by atoms with Gasteiger partial charge in [-0.15, -0.1) is 11.8 Å². The first-order chi connectivity index (χ1) is 14.6. The molecular formula is C25H35ClN2OS. The van der Waals surface area contributed by atoms with E-state index in [4.69, 9.17) is 11.6 Å². The van der Waals surface area contributed by atoms with Crippen molar-refractivity contribution in [2.75, 3.05) is 25.9 Å². The summed E-state index contributed by atoms with van der Waals surface area (Å²) in [6.45, 7) is 5.63. The van der Waals surface area contributed by atoms with Crippen molar-refractivity contribution in [3.05, 3.63) is 58.0 Å². The Hall–Kier alpha value is -1.23. The Morgan fingerprint density at radius 2 is 1.90 bits per heavy atom. The van der Waals surface area contributed by atoms with Gasteiger partial charge < -0.3 is 10.2 Å². The van der Waals surface area contributed by atoms with Crippen LogP contribution in [0, 0.1) is 5.92 Å². The number of hydrogen-bond acceptors (Lipinski definition) is 3. The van der Waals surface area contributed by atoms with E-state index >= 15 is 0 Å². The van der Waals surface area contributed by atoms with Gasteiger partial charge in [0, 0.05) is 28.6 Å². The molecule has 2 fully saturated rings. The molecule has 2 aliphatic rings. The summed E-state index contributed by atoms with van der Waals surface area (Å²) in [6.07, 6.45) is 14.7. The molecule has 1 N–H and O–H groups in total. The Bertz CT molecular complexity index is 738. The van der Waals surface area contributed by atoms with E-state index in [9.17, 15) is 4.79 Å². The maximum atomic E-state index is 12.3. The summed E-state index contributed by atoms with van der Waals surface area (Å²) >= 11 is 7.70. The van der Waals surface area contributed by atoms with Gasteiger partial charge in [-0.25, -0.2) is 0 Å². The normalized spacial score (nSPS) is 23.9. The fourth-order valence-corrected chi connectivity index (χ4v) is 5.41.